The molecule has 1 aliphatic heterocycles. The summed E-state index contributed by atoms with van der Waals surface area (Å²) in [5.74, 6) is 0.850. The van der Waals surface area contributed by atoms with Crippen molar-refractivity contribution < 1.29 is 9.53 Å². The highest BCUT2D eigenvalue weighted by Crippen LogP contribution is 2.23. The maximum absolute atomic E-state index is 12.5. The van der Waals surface area contributed by atoms with E-state index in [1.54, 1.807) is 6.20 Å². The topological polar surface area (TPSA) is 79.9 Å². The Morgan fingerprint density at radius 2 is 2.22 bits per heavy atom. The summed E-state index contributed by atoms with van der Waals surface area (Å²) in [4.78, 5) is 24.7. The minimum Gasteiger partial charge on any atom is -0.376 e. The molecule has 2 aromatic heterocycles. The van der Waals surface area contributed by atoms with Crippen molar-refractivity contribution >= 4 is 17.1 Å². The largest absolute Gasteiger partial charge is 0.376 e. The lowest BCUT2D eigenvalue weighted by Gasteiger charge is -2.22. The number of nitrogens with zero attached hydrogens (tertiary/aromatic N) is 2. The maximum atomic E-state index is 12.5. The number of carbonyl (C=O) groups excluding carboxylic acids is 1. The fourth-order valence-electron chi connectivity index (χ4n) is 3.39. The SMILES string of the molecule is CCc1nc2ncc(-c3cccc(C(=O)NC[C@H]4CCCCO4)c3)cc2[nH]1. The third-order valence-electron chi connectivity index (χ3n) is 4.94. The van der Waals surface area contributed by atoms with Crippen LogP contribution in [0.25, 0.3) is 22.3 Å². The first-order chi connectivity index (χ1) is 13.2. The lowest BCUT2D eigenvalue weighted by molar-refractivity contribution is 0.0169. The number of imidazole rings is 1. The van der Waals surface area contributed by atoms with Gasteiger partial charge in [0.05, 0.1) is 11.6 Å². The van der Waals surface area contributed by atoms with Gasteiger partial charge in [-0.1, -0.05) is 19.1 Å². The molecule has 1 fully saturated rings. The molecular weight excluding hydrogens is 340 g/mol. The number of fused-ring (bicyclic) bond motifs is 1. The molecule has 0 bridgehead atoms. The van der Waals surface area contributed by atoms with Crippen molar-refractivity contribution in [1.29, 1.82) is 0 Å². The average molecular weight is 364 g/mol. The average Bonchev–Trinajstić information content (AvgIpc) is 3.15. The molecule has 3 heterocycles. The lowest BCUT2D eigenvalue weighted by Crippen LogP contribution is -2.35. The third kappa shape index (κ3) is 4.01. The van der Waals surface area contributed by atoms with E-state index in [0.717, 1.165) is 54.0 Å². The third-order valence-corrected chi connectivity index (χ3v) is 4.94. The van der Waals surface area contributed by atoms with E-state index in [9.17, 15) is 4.79 Å². The Kier molecular flexibility index (Phi) is 5.16. The van der Waals surface area contributed by atoms with E-state index in [-0.39, 0.29) is 12.0 Å². The van der Waals surface area contributed by atoms with Gasteiger partial charge < -0.3 is 15.0 Å². The van der Waals surface area contributed by atoms with Gasteiger partial charge in [0.2, 0.25) is 0 Å². The molecule has 6 nitrogen and oxygen atoms in total. The predicted octanol–water partition coefficient (Wildman–Crippen LogP) is 3.49. The quantitative estimate of drug-likeness (QED) is 0.726. The zero-order valence-corrected chi connectivity index (χ0v) is 15.5. The molecule has 0 aliphatic carbocycles. The standard InChI is InChI=1S/C21H24N4O2/c1-2-19-24-18-11-16(12-22-20(18)25-19)14-6-5-7-15(10-14)21(26)23-13-17-8-3-4-9-27-17/h5-7,10-12,17H,2-4,8-9,13H2,1H3,(H,23,26)(H,22,24,25)/t17-/m1/s1. The number of rotatable bonds is 5. The van der Waals surface area contributed by atoms with Gasteiger partial charge in [0.15, 0.2) is 5.65 Å². The summed E-state index contributed by atoms with van der Waals surface area (Å²) in [6, 6.07) is 9.65. The molecule has 1 saturated heterocycles. The minimum absolute atomic E-state index is 0.0742. The normalized spacial score (nSPS) is 17.1. The second-order valence-electron chi connectivity index (χ2n) is 6.91. The van der Waals surface area contributed by atoms with E-state index in [0.29, 0.717) is 12.1 Å². The Bertz CT molecular complexity index is 944. The molecule has 1 amide bonds. The molecule has 1 atom stereocenters. The number of hydrogen-bond acceptors (Lipinski definition) is 4. The smallest absolute Gasteiger partial charge is 0.251 e. The van der Waals surface area contributed by atoms with Crippen molar-refractivity contribution in [1.82, 2.24) is 20.3 Å². The number of benzene rings is 1. The van der Waals surface area contributed by atoms with Crippen LogP contribution in [0.2, 0.25) is 0 Å². The van der Waals surface area contributed by atoms with Gasteiger partial charge in [-0.15, -0.1) is 0 Å². The molecule has 2 N–H and O–H groups in total. The zero-order valence-electron chi connectivity index (χ0n) is 15.5. The van der Waals surface area contributed by atoms with Crippen molar-refractivity contribution in [3.05, 3.63) is 47.9 Å². The van der Waals surface area contributed by atoms with Gasteiger partial charge in [0.25, 0.3) is 5.91 Å². The number of hydrogen-bond donors (Lipinski definition) is 2. The van der Waals surface area contributed by atoms with Gasteiger partial charge in [0, 0.05) is 36.9 Å². The monoisotopic (exact) mass is 364 g/mol. The summed E-state index contributed by atoms with van der Waals surface area (Å²) in [5, 5.41) is 2.99. The zero-order chi connectivity index (χ0) is 18.6. The highest BCUT2D eigenvalue weighted by molar-refractivity contribution is 5.95. The molecular formula is C21H24N4O2. The Labute approximate surface area is 158 Å². The van der Waals surface area contributed by atoms with Gasteiger partial charge in [-0.3, -0.25) is 4.79 Å². The Morgan fingerprint density at radius 3 is 3.04 bits per heavy atom. The van der Waals surface area contributed by atoms with Crippen LogP contribution in [0.4, 0.5) is 0 Å². The Hall–Kier alpha value is -2.73. The number of nitrogens with one attached hydrogen (secondary N) is 2. The molecule has 0 radical (unpaired) electrons. The summed E-state index contributed by atoms with van der Waals surface area (Å²) in [5.41, 5.74) is 4.19. The van der Waals surface area contributed by atoms with Gasteiger partial charge in [-0.05, 0) is 43.0 Å². The van der Waals surface area contributed by atoms with Crippen LogP contribution in [0.15, 0.2) is 36.5 Å². The van der Waals surface area contributed by atoms with Crippen molar-refractivity contribution in [2.75, 3.05) is 13.2 Å². The van der Waals surface area contributed by atoms with E-state index in [1.165, 1.54) is 6.42 Å². The predicted molar refractivity (Wildman–Crippen MR) is 105 cm³/mol. The first kappa shape index (κ1) is 17.7. The summed E-state index contributed by atoms with van der Waals surface area (Å²) in [6.07, 6.45) is 6.06. The molecule has 0 spiro atoms. The fourth-order valence-corrected chi connectivity index (χ4v) is 3.39. The van der Waals surface area contributed by atoms with Crippen LogP contribution in [0.5, 0.6) is 0 Å². The second kappa shape index (κ2) is 7.88. The van der Waals surface area contributed by atoms with Gasteiger partial charge >= 0.3 is 0 Å². The fraction of sp³-hybridized carbons (Fsp3) is 0.381. The van der Waals surface area contributed by atoms with Crippen LogP contribution in [-0.2, 0) is 11.2 Å². The molecule has 1 aliphatic rings. The highest BCUT2D eigenvalue weighted by atomic mass is 16.5. The van der Waals surface area contributed by atoms with Crippen molar-refractivity contribution in [2.24, 2.45) is 0 Å². The van der Waals surface area contributed by atoms with Crippen LogP contribution in [0.3, 0.4) is 0 Å². The van der Waals surface area contributed by atoms with E-state index >= 15 is 0 Å². The van der Waals surface area contributed by atoms with Crippen LogP contribution >= 0.6 is 0 Å². The van der Waals surface area contributed by atoms with Crippen LogP contribution in [-0.4, -0.2) is 40.1 Å². The second-order valence-corrected chi connectivity index (χ2v) is 6.91. The van der Waals surface area contributed by atoms with E-state index < -0.39 is 0 Å². The van der Waals surface area contributed by atoms with Crippen LogP contribution in [0.1, 0.15) is 42.4 Å². The molecule has 27 heavy (non-hydrogen) atoms. The first-order valence-corrected chi connectivity index (χ1v) is 9.58. The number of H-pyrrole nitrogens is 1. The van der Waals surface area contributed by atoms with Crippen molar-refractivity contribution in [2.45, 2.75) is 38.7 Å². The van der Waals surface area contributed by atoms with Gasteiger partial charge in [-0.2, -0.15) is 0 Å². The number of aryl methyl sites for hydroxylation is 1. The molecule has 0 saturated carbocycles. The number of aromatic amines is 1. The summed E-state index contributed by atoms with van der Waals surface area (Å²) < 4.78 is 5.68. The molecule has 1 aromatic carbocycles. The number of pyridine rings is 1. The Balaban J connectivity index is 1.50. The van der Waals surface area contributed by atoms with E-state index in [1.807, 2.05) is 30.3 Å². The van der Waals surface area contributed by atoms with E-state index in [4.69, 9.17) is 4.74 Å². The van der Waals surface area contributed by atoms with E-state index in [2.05, 4.69) is 27.2 Å². The highest BCUT2D eigenvalue weighted by Gasteiger charge is 2.15. The first-order valence-electron chi connectivity index (χ1n) is 9.58. The molecule has 140 valence electrons. The number of carbonyl (C=O) groups is 1. The minimum atomic E-state index is -0.0742. The maximum Gasteiger partial charge on any atom is 0.251 e. The summed E-state index contributed by atoms with van der Waals surface area (Å²) >= 11 is 0. The summed E-state index contributed by atoms with van der Waals surface area (Å²) in [6.45, 7) is 3.41. The number of aromatic nitrogens is 3. The summed E-state index contributed by atoms with van der Waals surface area (Å²) in [7, 11) is 0. The van der Waals surface area contributed by atoms with Crippen LogP contribution < -0.4 is 5.32 Å². The van der Waals surface area contributed by atoms with Gasteiger partial charge in [0.1, 0.15) is 5.82 Å². The van der Waals surface area contributed by atoms with Gasteiger partial charge in [-0.25, -0.2) is 9.97 Å². The lowest BCUT2D eigenvalue weighted by atomic mass is 10.0. The Morgan fingerprint density at radius 1 is 1.30 bits per heavy atom. The van der Waals surface area contributed by atoms with Crippen molar-refractivity contribution in [3.63, 3.8) is 0 Å². The van der Waals surface area contributed by atoms with Crippen molar-refractivity contribution in [3.8, 4) is 11.1 Å². The number of ether oxygens (including phenoxy) is 1. The molecule has 0 unspecified atom stereocenters. The molecule has 3 aromatic rings. The molecule has 4 rings (SSSR count). The molecule has 6 heteroatoms. The number of amides is 1. The van der Waals surface area contributed by atoms with Crippen LogP contribution in [0, 0.1) is 0 Å².